The third kappa shape index (κ3) is 1.97. The van der Waals surface area contributed by atoms with Gasteiger partial charge >= 0.3 is 5.97 Å². The number of hydrogen-bond donors (Lipinski definition) is 2. The molecule has 0 saturated heterocycles. The van der Waals surface area contributed by atoms with Gasteiger partial charge in [0.2, 0.25) is 0 Å². The van der Waals surface area contributed by atoms with Crippen LogP contribution in [0.2, 0.25) is 0 Å². The molecule has 7 heteroatoms. The van der Waals surface area contributed by atoms with E-state index in [9.17, 15) is 14.9 Å². The Bertz CT molecular complexity index is 469. The van der Waals surface area contributed by atoms with E-state index in [2.05, 4.69) is 0 Å². The zero-order chi connectivity index (χ0) is 12.3. The highest BCUT2D eigenvalue weighted by Crippen LogP contribution is 2.24. The molecule has 82 valence electrons. The molecular formula is C9H7N3O4. The van der Waals surface area contributed by atoms with Crippen LogP contribution in [-0.2, 0) is 6.54 Å². The van der Waals surface area contributed by atoms with Gasteiger partial charge < -0.3 is 10.8 Å². The van der Waals surface area contributed by atoms with Crippen LogP contribution in [-0.4, -0.2) is 16.0 Å². The summed E-state index contributed by atoms with van der Waals surface area (Å²) in [6.45, 7) is -0.274. The zero-order valence-electron chi connectivity index (χ0n) is 8.01. The Morgan fingerprint density at radius 1 is 1.62 bits per heavy atom. The molecule has 0 amide bonds. The summed E-state index contributed by atoms with van der Waals surface area (Å²) in [7, 11) is 0. The standard InChI is InChI=1S/C9H7N3O4/c10-3-5-1-6(9(13)14)7(4-11)8(2-5)12(15)16/h1-2H,4,11H2,(H,13,14). The Kier molecular flexibility index (Phi) is 3.17. The number of nitrogens with zero attached hydrogens (tertiary/aromatic N) is 2. The van der Waals surface area contributed by atoms with E-state index in [-0.39, 0.29) is 23.2 Å². The van der Waals surface area contributed by atoms with Crippen LogP contribution in [0, 0.1) is 21.4 Å². The highest BCUT2D eigenvalue weighted by atomic mass is 16.6. The van der Waals surface area contributed by atoms with E-state index in [4.69, 9.17) is 16.1 Å². The number of carboxylic acid groups (broad SMARTS) is 1. The number of benzene rings is 1. The smallest absolute Gasteiger partial charge is 0.336 e. The van der Waals surface area contributed by atoms with Crippen molar-refractivity contribution in [2.75, 3.05) is 0 Å². The van der Waals surface area contributed by atoms with Crippen LogP contribution < -0.4 is 5.73 Å². The van der Waals surface area contributed by atoms with Crippen molar-refractivity contribution in [2.45, 2.75) is 6.54 Å². The lowest BCUT2D eigenvalue weighted by Crippen LogP contribution is -2.10. The predicted octanol–water partition coefficient (Wildman–Crippen LogP) is 0.623. The molecule has 1 aromatic carbocycles. The van der Waals surface area contributed by atoms with E-state index in [1.807, 2.05) is 0 Å². The zero-order valence-corrected chi connectivity index (χ0v) is 8.01. The summed E-state index contributed by atoms with van der Waals surface area (Å²) in [6.07, 6.45) is 0. The van der Waals surface area contributed by atoms with Gasteiger partial charge in [-0.3, -0.25) is 10.1 Å². The number of aromatic carboxylic acids is 1. The summed E-state index contributed by atoms with van der Waals surface area (Å²) in [4.78, 5) is 20.8. The summed E-state index contributed by atoms with van der Waals surface area (Å²) < 4.78 is 0. The van der Waals surface area contributed by atoms with E-state index >= 15 is 0 Å². The molecule has 0 fully saturated rings. The number of nitriles is 1. The van der Waals surface area contributed by atoms with Gasteiger partial charge in [-0.15, -0.1) is 0 Å². The fraction of sp³-hybridized carbons (Fsp3) is 0.111. The van der Waals surface area contributed by atoms with Crippen LogP contribution in [0.1, 0.15) is 21.5 Å². The highest BCUT2D eigenvalue weighted by Gasteiger charge is 2.22. The Morgan fingerprint density at radius 3 is 2.62 bits per heavy atom. The van der Waals surface area contributed by atoms with Gasteiger partial charge in [-0.1, -0.05) is 0 Å². The van der Waals surface area contributed by atoms with Gasteiger partial charge in [0.1, 0.15) is 0 Å². The van der Waals surface area contributed by atoms with E-state index in [1.54, 1.807) is 6.07 Å². The maximum Gasteiger partial charge on any atom is 0.336 e. The fourth-order valence-corrected chi connectivity index (χ4v) is 1.29. The number of rotatable bonds is 3. The number of carbonyl (C=O) groups is 1. The van der Waals surface area contributed by atoms with Crippen molar-refractivity contribution in [1.82, 2.24) is 0 Å². The molecule has 7 nitrogen and oxygen atoms in total. The average molecular weight is 221 g/mol. The second-order valence-electron chi connectivity index (χ2n) is 2.90. The molecule has 16 heavy (non-hydrogen) atoms. The van der Waals surface area contributed by atoms with E-state index < -0.39 is 16.6 Å². The van der Waals surface area contributed by atoms with Crippen molar-refractivity contribution >= 4 is 11.7 Å². The first kappa shape index (κ1) is 11.6. The third-order valence-corrected chi connectivity index (χ3v) is 1.99. The van der Waals surface area contributed by atoms with Gasteiger partial charge in [0, 0.05) is 12.6 Å². The van der Waals surface area contributed by atoms with Crippen molar-refractivity contribution in [3.05, 3.63) is 38.9 Å². The average Bonchev–Trinajstić information content (AvgIpc) is 2.26. The van der Waals surface area contributed by atoms with Crippen molar-refractivity contribution in [1.29, 1.82) is 5.26 Å². The Morgan fingerprint density at radius 2 is 2.25 bits per heavy atom. The van der Waals surface area contributed by atoms with Crippen LogP contribution in [0.3, 0.4) is 0 Å². The summed E-state index contributed by atoms with van der Waals surface area (Å²) in [5.74, 6) is -1.35. The first-order chi connectivity index (χ1) is 7.51. The quantitative estimate of drug-likeness (QED) is 0.568. The second-order valence-corrected chi connectivity index (χ2v) is 2.90. The molecule has 0 aromatic heterocycles. The minimum atomic E-state index is -1.35. The summed E-state index contributed by atoms with van der Waals surface area (Å²) in [5, 5.41) is 28.1. The van der Waals surface area contributed by atoms with Gasteiger partial charge in [-0.25, -0.2) is 4.79 Å². The Hall–Kier alpha value is -2.46. The molecule has 0 bridgehead atoms. The molecule has 1 rings (SSSR count). The maximum atomic E-state index is 10.8. The lowest BCUT2D eigenvalue weighted by molar-refractivity contribution is -0.385. The fourth-order valence-electron chi connectivity index (χ4n) is 1.29. The minimum absolute atomic E-state index is 0.0821. The highest BCUT2D eigenvalue weighted by molar-refractivity contribution is 5.91. The topological polar surface area (TPSA) is 130 Å². The molecule has 0 heterocycles. The normalized spacial score (nSPS) is 9.50. The molecule has 0 radical (unpaired) electrons. The minimum Gasteiger partial charge on any atom is -0.478 e. The molecule has 0 aliphatic heterocycles. The molecule has 0 spiro atoms. The van der Waals surface area contributed by atoms with Crippen molar-refractivity contribution in [3.63, 3.8) is 0 Å². The van der Waals surface area contributed by atoms with Crippen LogP contribution in [0.25, 0.3) is 0 Å². The van der Waals surface area contributed by atoms with Crippen molar-refractivity contribution in [2.24, 2.45) is 5.73 Å². The van der Waals surface area contributed by atoms with Crippen molar-refractivity contribution in [3.8, 4) is 6.07 Å². The van der Waals surface area contributed by atoms with Gasteiger partial charge in [0.25, 0.3) is 5.69 Å². The van der Waals surface area contributed by atoms with Gasteiger partial charge in [0.05, 0.1) is 27.7 Å². The van der Waals surface area contributed by atoms with Crippen LogP contribution >= 0.6 is 0 Å². The van der Waals surface area contributed by atoms with E-state index in [1.165, 1.54) is 0 Å². The number of carboxylic acids is 1. The molecule has 0 atom stereocenters. The SMILES string of the molecule is N#Cc1cc(C(=O)O)c(CN)c([N+](=O)[O-])c1. The molecular weight excluding hydrogens is 214 g/mol. The number of hydrogen-bond acceptors (Lipinski definition) is 5. The molecule has 0 unspecified atom stereocenters. The van der Waals surface area contributed by atoms with Crippen LogP contribution in [0.15, 0.2) is 12.1 Å². The molecule has 1 aromatic rings. The Labute approximate surface area is 89.9 Å². The molecule has 0 aliphatic carbocycles. The number of nitrogens with two attached hydrogens (primary N) is 1. The number of nitro benzene ring substituents is 1. The summed E-state index contributed by atoms with van der Waals surface area (Å²) >= 11 is 0. The molecule has 3 N–H and O–H groups in total. The van der Waals surface area contributed by atoms with Crippen LogP contribution in [0.5, 0.6) is 0 Å². The lowest BCUT2D eigenvalue weighted by atomic mass is 10.0. The largest absolute Gasteiger partial charge is 0.478 e. The van der Waals surface area contributed by atoms with E-state index in [0.717, 1.165) is 12.1 Å². The van der Waals surface area contributed by atoms with Gasteiger partial charge in [0.15, 0.2) is 0 Å². The summed E-state index contributed by atoms with van der Waals surface area (Å²) in [6, 6.07) is 3.74. The van der Waals surface area contributed by atoms with Gasteiger partial charge in [-0.05, 0) is 6.07 Å². The van der Waals surface area contributed by atoms with Crippen molar-refractivity contribution < 1.29 is 14.8 Å². The summed E-state index contributed by atoms with van der Waals surface area (Å²) in [5.41, 5.74) is 4.34. The molecule has 0 saturated carbocycles. The number of nitro groups is 1. The lowest BCUT2D eigenvalue weighted by Gasteiger charge is -2.04. The van der Waals surface area contributed by atoms with E-state index in [0.29, 0.717) is 0 Å². The third-order valence-electron chi connectivity index (χ3n) is 1.99. The first-order valence-corrected chi connectivity index (χ1v) is 4.16. The van der Waals surface area contributed by atoms with Gasteiger partial charge in [-0.2, -0.15) is 5.26 Å². The second kappa shape index (κ2) is 4.37. The predicted molar refractivity (Wildman–Crippen MR) is 52.7 cm³/mol. The maximum absolute atomic E-state index is 10.8. The monoisotopic (exact) mass is 221 g/mol. The first-order valence-electron chi connectivity index (χ1n) is 4.16. The molecule has 0 aliphatic rings. The van der Waals surface area contributed by atoms with Crippen LogP contribution in [0.4, 0.5) is 5.69 Å². The Balaban J connectivity index is 3.61.